The number of nitrogens with zero attached hydrogens (tertiary/aromatic N) is 4. The molecule has 0 saturated carbocycles. The fraction of sp³-hybridized carbons (Fsp3) is 0.429. The molecule has 0 unspecified atom stereocenters. The predicted molar refractivity (Wildman–Crippen MR) is 108 cm³/mol. The standard InChI is InChI=1S/C21H27N5O2/c1-15-18(21(28)24-17-7-5-4-6-8-17)13-22-20(23-15)16-9-11-26(12-10-16)14-19(27)25(2)3/h4-8,13,16H,9-12,14H2,1-3H3,(H,24,28). The van der Waals surface area contributed by atoms with E-state index in [2.05, 4.69) is 20.2 Å². The lowest BCUT2D eigenvalue weighted by atomic mass is 9.95. The number of carbonyl (C=O) groups excluding carboxylic acids is 2. The van der Waals surface area contributed by atoms with E-state index in [4.69, 9.17) is 0 Å². The molecule has 1 aliphatic heterocycles. The SMILES string of the molecule is Cc1nc(C2CCN(CC(=O)N(C)C)CC2)ncc1C(=O)Nc1ccccc1. The first-order chi connectivity index (χ1) is 13.4. The summed E-state index contributed by atoms with van der Waals surface area (Å²) in [6.07, 6.45) is 3.45. The van der Waals surface area contributed by atoms with Gasteiger partial charge in [-0.25, -0.2) is 9.97 Å². The lowest BCUT2D eigenvalue weighted by molar-refractivity contribution is -0.130. The van der Waals surface area contributed by atoms with E-state index in [0.29, 0.717) is 17.8 Å². The van der Waals surface area contributed by atoms with Crippen molar-refractivity contribution in [1.82, 2.24) is 19.8 Å². The van der Waals surface area contributed by atoms with E-state index < -0.39 is 0 Å². The average molecular weight is 381 g/mol. The highest BCUT2D eigenvalue weighted by Crippen LogP contribution is 2.26. The average Bonchev–Trinajstić information content (AvgIpc) is 2.69. The number of hydrogen-bond acceptors (Lipinski definition) is 5. The first-order valence-electron chi connectivity index (χ1n) is 9.56. The molecular weight excluding hydrogens is 354 g/mol. The van der Waals surface area contributed by atoms with Crippen molar-refractivity contribution in [2.24, 2.45) is 0 Å². The van der Waals surface area contributed by atoms with E-state index in [1.165, 1.54) is 0 Å². The van der Waals surface area contributed by atoms with Gasteiger partial charge in [-0.3, -0.25) is 14.5 Å². The number of hydrogen-bond donors (Lipinski definition) is 1. The summed E-state index contributed by atoms with van der Waals surface area (Å²) in [6, 6.07) is 9.34. The summed E-state index contributed by atoms with van der Waals surface area (Å²) in [4.78, 5) is 37.2. The number of nitrogens with one attached hydrogen (secondary N) is 1. The van der Waals surface area contributed by atoms with E-state index in [1.807, 2.05) is 37.3 Å². The van der Waals surface area contributed by atoms with Crippen LogP contribution in [0.4, 0.5) is 5.69 Å². The third-order valence-corrected chi connectivity index (χ3v) is 5.08. The number of aryl methyl sites for hydroxylation is 1. The number of likely N-dealkylation sites (tertiary alicyclic amines) is 1. The monoisotopic (exact) mass is 381 g/mol. The second-order valence-corrected chi connectivity index (χ2v) is 7.39. The fourth-order valence-corrected chi connectivity index (χ4v) is 3.31. The van der Waals surface area contributed by atoms with Gasteiger partial charge in [0.25, 0.3) is 5.91 Å². The molecule has 0 spiro atoms. The molecular formula is C21H27N5O2. The second kappa shape index (κ2) is 8.93. The molecule has 2 aromatic rings. The van der Waals surface area contributed by atoms with Crippen molar-refractivity contribution in [3.05, 3.63) is 53.6 Å². The van der Waals surface area contributed by atoms with Crippen LogP contribution < -0.4 is 5.32 Å². The van der Waals surface area contributed by atoms with Gasteiger partial charge in [0.1, 0.15) is 5.82 Å². The number of likely N-dealkylation sites (N-methyl/N-ethyl adjacent to an activating group) is 1. The Kier molecular flexibility index (Phi) is 6.36. The van der Waals surface area contributed by atoms with Gasteiger partial charge in [0.05, 0.1) is 17.8 Å². The van der Waals surface area contributed by atoms with Crippen LogP contribution in [0.15, 0.2) is 36.5 Å². The maximum absolute atomic E-state index is 12.5. The van der Waals surface area contributed by atoms with E-state index >= 15 is 0 Å². The van der Waals surface area contributed by atoms with Gasteiger partial charge >= 0.3 is 0 Å². The van der Waals surface area contributed by atoms with Crippen LogP contribution in [0.2, 0.25) is 0 Å². The molecule has 3 rings (SSSR count). The molecule has 2 amide bonds. The molecule has 0 aliphatic carbocycles. The maximum atomic E-state index is 12.5. The van der Waals surface area contributed by atoms with Crippen molar-refractivity contribution in [1.29, 1.82) is 0 Å². The van der Waals surface area contributed by atoms with Crippen LogP contribution in [0.5, 0.6) is 0 Å². The fourth-order valence-electron chi connectivity index (χ4n) is 3.31. The van der Waals surface area contributed by atoms with Gasteiger partial charge in [-0.15, -0.1) is 0 Å². The summed E-state index contributed by atoms with van der Waals surface area (Å²) in [5.74, 6) is 0.967. The number of amides is 2. The molecule has 0 bridgehead atoms. The topological polar surface area (TPSA) is 78.4 Å². The van der Waals surface area contributed by atoms with E-state index in [9.17, 15) is 9.59 Å². The van der Waals surface area contributed by atoms with E-state index in [1.54, 1.807) is 25.2 Å². The van der Waals surface area contributed by atoms with Crippen LogP contribution in [0, 0.1) is 6.92 Å². The summed E-state index contributed by atoms with van der Waals surface area (Å²) in [6.45, 7) is 4.00. The van der Waals surface area contributed by atoms with Crippen LogP contribution in [0.1, 0.15) is 40.6 Å². The molecule has 1 fully saturated rings. The highest BCUT2D eigenvalue weighted by atomic mass is 16.2. The Balaban J connectivity index is 1.60. The predicted octanol–water partition coefficient (Wildman–Crippen LogP) is 2.30. The first kappa shape index (κ1) is 19.9. The molecule has 1 saturated heterocycles. The Labute approximate surface area is 165 Å². The van der Waals surface area contributed by atoms with Crippen LogP contribution in [0.25, 0.3) is 0 Å². The highest BCUT2D eigenvalue weighted by Gasteiger charge is 2.25. The molecule has 2 heterocycles. The van der Waals surface area contributed by atoms with Crippen molar-refractivity contribution < 1.29 is 9.59 Å². The number of para-hydroxylation sites is 1. The van der Waals surface area contributed by atoms with Crippen molar-refractivity contribution in [3.63, 3.8) is 0 Å². The molecule has 1 N–H and O–H groups in total. The highest BCUT2D eigenvalue weighted by molar-refractivity contribution is 6.04. The zero-order chi connectivity index (χ0) is 20.1. The third-order valence-electron chi connectivity index (χ3n) is 5.08. The molecule has 1 aliphatic rings. The first-order valence-corrected chi connectivity index (χ1v) is 9.56. The molecule has 0 atom stereocenters. The zero-order valence-corrected chi connectivity index (χ0v) is 16.7. The number of rotatable bonds is 5. The summed E-state index contributed by atoms with van der Waals surface area (Å²) >= 11 is 0. The Morgan fingerprint density at radius 1 is 1.18 bits per heavy atom. The molecule has 1 aromatic heterocycles. The Morgan fingerprint density at radius 2 is 1.86 bits per heavy atom. The lowest BCUT2D eigenvalue weighted by Gasteiger charge is -2.31. The Morgan fingerprint density at radius 3 is 2.46 bits per heavy atom. The van der Waals surface area contributed by atoms with Crippen molar-refractivity contribution in [3.8, 4) is 0 Å². The molecule has 1 aromatic carbocycles. The number of carbonyl (C=O) groups is 2. The van der Waals surface area contributed by atoms with E-state index in [-0.39, 0.29) is 17.7 Å². The number of benzene rings is 1. The van der Waals surface area contributed by atoms with Crippen molar-refractivity contribution >= 4 is 17.5 Å². The minimum Gasteiger partial charge on any atom is -0.348 e. The van der Waals surface area contributed by atoms with Crippen molar-refractivity contribution in [2.45, 2.75) is 25.7 Å². The lowest BCUT2D eigenvalue weighted by Crippen LogP contribution is -2.41. The minimum absolute atomic E-state index is 0.124. The van der Waals surface area contributed by atoms with Gasteiger partial charge in [0.2, 0.25) is 5.91 Å². The summed E-state index contributed by atoms with van der Waals surface area (Å²) in [5, 5.41) is 2.87. The summed E-state index contributed by atoms with van der Waals surface area (Å²) < 4.78 is 0. The van der Waals surface area contributed by atoms with E-state index in [0.717, 1.165) is 37.4 Å². The Bertz CT molecular complexity index is 830. The number of anilines is 1. The Hall–Kier alpha value is -2.80. The van der Waals surface area contributed by atoms with Crippen LogP contribution >= 0.6 is 0 Å². The van der Waals surface area contributed by atoms with Gasteiger partial charge in [-0.1, -0.05) is 18.2 Å². The maximum Gasteiger partial charge on any atom is 0.259 e. The molecule has 7 nitrogen and oxygen atoms in total. The molecule has 148 valence electrons. The third kappa shape index (κ3) is 4.92. The normalized spacial score (nSPS) is 15.2. The largest absolute Gasteiger partial charge is 0.348 e. The van der Waals surface area contributed by atoms with Gasteiger partial charge in [0, 0.05) is 31.9 Å². The van der Waals surface area contributed by atoms with Crippen LogP contribution in [-0.4, -0.2) is 65.3 Å². The quantitative estimate of drug-likeness (QED) is 0.860. The second-order valence-electron chi connectivity index (χ2n) is 7.39. The zero-order valence-electron chi connectivity index (χ0n) is 16.7. The number of piperidine rings is 1. The molecule has 7 heteroatoms. The number of aromatic nitrogens is 2. The molecule has 28 heavy (non-hydrogen) atoms. The molecule has 0 radical (unpaired) electrons. The van der Waals surface area contributed by atoms with Crippen LogP contribution in [-0.2, 0) is 4.79 Å². The van der Waals surface area contributed by atoms with Gasteiger partial charge in [-0.2, -0.15) is 0 Å². The summed E-state index contributed by atoms with van der Waals surface area (Å²) in [7, 11) is 3.56. The minimum atomic E-state index is -0.202. The summed E-state index contributed by atoms with van der Waals surface area (Å²) in [5.41, 5.74) is 1.92. The van der Waals surface area contributed by atoms with Crippen LogP contribution in [0.3, 0.4) is 0 Å². The van der Waals surface area contributed by atoms with Gasteiger partial charge in [0.15, 0.2) is 0 Å². The van der Waals surface area contributed by atoms with Gasteiger partial charge < -0.3 is 10.2 Å². The van der Waals surface area contributed by atoms with Crippen molar-refractivity contribution in [2.75, 3.05) is 39.0 Å². The van der Waals surface area contributed by atoms with Gasteiger partial charge in [-0.05, 0) is 45.0 Å². The smallest absolute Gasteiger partial charge is 0.259 e.